The van der Waals surface area contributed by atoms with Crippen LogP contribution in [-0.2, 0) is 4.74 Å². The minimum atomic E-state index is 0.658. The minimum Gasteiger partial charge on any atom is -0.377 e. The van der Waals surface area contributed by atoms with Gasteiger partial charge in [-0.3, -0.25) is 0 Å². The highest BCUT2D eigenvalue weighted by atomic mass is 16.5. The average Bonchev–Trinajstić information content (AvgIpc) is 2.05. The van der Waals surface area contributed by atoms with E-state index in [4.69, 9.17) is 4.74 Å². The van der Waals surface area contributed by atoms with Crippen molar-refractivity contribution in [1.29, 1.82) is 0 Å². The number of allylic oxidation sites excluding steroid dienone is 2. The third-order valence-corrected chi connectivity index (χ3v) is 3.00. The van der Waals surface area contributed by atoms with Gasteiger partial charge in [-0.25, -0.2) is 0 Å². The Morgan fingerprint density at radius 1 is 1.62 bits per heavy atom. The van der Waals surface area contributed by atoms with E-state index in [0.717, 1.165) is 19.8 Å². The summed E-state index contributed by atoms with van der Waals surface area (Å²) in [4.78, 5) is 2.57. The van der Waals surface area contributed by atoms with Gasteiger partial charge < -0.3 is 9.64 Å². The maximum atomic E-state index is 5.51. The van der Waals surface area contributed by atoms with Crippen molar-refractivity contribution in [2.24, 2.45) is 0 Å². The Bertz CT molecular complexity index is 198. The molecule has 2 aliphatic rings. The van der Waals surface area contributed by atoms with Crippen molar-refractivity contribution in [1.82, 2.24) is 4.90 Å². The molecule has 1 fully saturated rings. The summed E-state index contributed by atoms with van der Waals surface area (Å²) < 4.78 is 5.51. The summed E-state index contributed by atoms with van der Waals surface area (Å²) in [5.74, 6) is 0. The van der Waals surface area contributed by atoms with Crippen molar-refractivity contribution in [3.63, 3.8) is 0 Å². The highest BCUT2D eigenvalue weighted by Crippen LogP contribution is 2.27. The average molecular weight is 181 g/mol. The van der Waals surface area contributed by atoms with Crippen molar-refractivity contribution in [3.8, 4) is 0 Å². The first kappa shape index (κ1) is 9.07. The lowest BCUT2D eigenvalue weighted by molar-refractivity contribution is 0.00317. The van der Waals surface area contributed by atoms with E-state index in [1.54, 1.807) is 5.70 Å². The molecule has 0 N–H and O–H groups in total. The van der Waals surface area contributed by atoms with Gasteiger partial charge in [0.05, 0.1) is 19.3 Å². The summed E-state index contributed by atoms with van der Waals surface area (Å²) in [5, 5.41) is 0. The van der Waals surface area contributed by atoms with Crippen molar-refractivity contribution in [2.45, 2.75) is 38.6 Å². The molecule has 1 aliphatic carbocycles. The number of ether oxygens (including phenoxy) is 1. The monoisotopic (exact) mass is 181 g/mol. The Balaban J connectivity index is 1.95. The van der Waals surface area contributed by atoms with Crippen LogP contribution >= 0.6 is 0 Å². The van der Waals surface area contributed by atoms with Gasteiger partial charge >= 0.3 is 0 Å². The van der Waals surface area contributed by atoms with Crippen LogP contribution in [0.2, 0.25) is 0 Å². The molecule has 1 heterocycles. The van der Waals surface area contributed by atoms with Gasteiger partial charge in [0, 0.05) is 12.2 Å². The van der Waals surface area contributed by atoms with Gasteiger partial charge in [-0.15, -0.1) is 0 Å². The van der Waals surface area contributed by atoms with Crippen molar-refractivity contribution in [2.75, 3.05) is 19.8 Å². The molecule has 0 aromatic rings. The van der Waals surface area contributed by atoms with Crippen molar-refractivity contribution >= 4 is 0 Å². The predicted octanol–water partition coefficient (Wildman–Crippen LogP) is 2.17. The third kappa shape index (κ3) is 1.88. The second kappa shape index (κ2) is 4.14. The SMILES string of the molecule is CCCC1COCCN1C1=CCC1. The fraction of sp³-hybridized carbons (Fsp3) is 0.818. The first-order valence-corrected chi connectivity index (χ1v) is 5.45. The zero-order chi connectivity index (χ0) is 9.10. The standard InChI is InChI=1S/C11H19NO/c1-2-4-11-9-13-8-7-12(11)10-5-3-6-10/h5,11H,2-4,6-9H2,1H3. The zero-order valence-electron chi connectivity index (χ0n) is 8.46. The van der Waals surface area contributed by atoms with Gasteiger partial charge in [0.25, 0.3) is 0 Å². The number of morpholine rings is 1. The Morgan fingerprint density at radius 2 is 2.46 bits per heavy atom. The van der Waals surface area contributed by atoms with E-state index in [-0.39, 0.29) is 0 Å². The highest BCUT2D eigenvalue weighted by Gasteiger charge is 2.25. The lowest BCUT2D eigenvalue weighted by Gasteiger charge is -2.41. The summed E-state index contributed by atoms with van der Waals surface area (Å²) in [6.45, 7) is 5.21. The van der Waals surface area contributed by atoms with Gasteiger partial charge in [0.1, 0.15) is 0 Å². The van der Waals surface area contributed by atoms with E-state index in [0.29, 0.717) is 6.04 Å². The Labute approximate surface area is 80.6 Å². The lowest BCUT2D eigenvalue weighted by Crippen LogP contribution is -2.45. The summed E-state index contributed by atoms with van der Waals surface area (Å²) in [6.07, 6.45) is 7.48. The Morgan fingerprint density at radius 3 is 3.08 bits per heavy atom. The van der Waals surface area contributed by atoms with Gasteiger partial charge in [-0.05, 0) is 19.3 Å². The van der Waals surface area contributed by atoms with Crippen LogP contribution in [0.25, 0.3) is 0 Å². The fourth-order valence-electron chi connectivity index (χ4n) is 2.14. The molecular formula is C11H19NO. The van der Waals surface area contributed by atoms with Crippen LogP contribution in [0.5, 0.6) is 0 Å². The Kier molecular flexibility index (Phi) is 2.89. The van der Waals surface area contributed by atoms with Gasteiger partial charge in [-0.2, -0.15) is 0 Å². The molecule has 0 bridgehead atoms. The normalized spacial score (nSPS) is 28.2. The molecule has 1 atom stereocenters. The summed E-state index contributed by atoms with van der Waals surface area (Å²) >= 11 is 0. The predicted molar refractivity (Wildman–Crippen MR) is 53.5 cm³/mol. The fourth-order valence-corrected chi connectivity index (χ4v) is 2.14. The first-order valence-electron chi connectivity index (χ1n) is 5.45. The summed E-state index contributed by atoms with van der Waals surface area (Å²) in [6, 6.07) is 0.658. The smallest absolute Gasteiger partial charge is 0.0670 e. The molecule has 0 aromatic heterocycles. The van der Waals surface area contributed by atoms with E-state index < -0.39 is 0 Å². The molecule has 1 saturated heterocycles. The van der Waals surface area contributed by atoms with Gasteiger partial charge in [0.15, 0.2) is 0 Å². The van der Waals surface area contributed by atoms with E-state index >= 15 is 0 Å². The molecule has 0 saturated carbocycles. The topological polar surface area (TPSA) is 12.5 Å². The molecule has 0 aromatic carbocycles. The van der Waals surface area contributed by atoms with Gasteiger partial charge in [0.2, 0.25) is 0 Å². The quantitative estimate of drug-likeness (QED) is 0.661. The Hall–Kier alpha value is -0.500. The van der Waals surface area contributed by atoms with Crippen molar-refractivity contribution < 1.29 is 4.74 Å². The number of rotatable bonds is 3. The second-order valence-electron chi connectivity index (χ2n) is 3.94. The van der Waals surface area contributed by atoms with Crippen LogP contribution in [0, 0.1) is 0 Å². The molecule has 13 heavy (non-hydrogen) atoms. The maximum absolute atomic E-state index is 5.51. The molecule has 2 heteroatoms. The highest BCUT2D eigenvalue weighted by molar-refractivity contribution is 5.13. The van der Waals surface area contributed by atoms with Crippen molar-refractivity contribution in [3.05, 3.63) is 11.8 Å². The molecular weight excluding hydrogens is 162 g/mol. The first-order chi connectivity index (χ1) is 6.42. The molecule has 1 aliphatic heterocycles. The van der Waals surface area contributed by atoms with Crippen LogP contribution in [0.15, 0.2) is 11.8 Å². The zero-order valence-corrected chi connectivity index (χ0v) is 8.46. The van der Waals surface area contributed by atoms with Crippen LogP contribution in [0.1, 0.15) is 32.6 Å². The number of hydrogen-bond acceptors (Lipinski definition) is 2. The molecule has 2 nitrogen and oxygen atoms in total. The van der Waals surface area contributed by atoms with E-state index in [2.05, 4.69) is 17.9 Å². The molecule has 2 rings (SSSR count). The molecule has 0 amide bonds. The maximum Gasteiger partial charge on any atom is 0.0670 e. The summed E-state index contributed by atoms with van der Waals surface area (Å²) in [7, 11) is 0. The molecule has 0 radical (unpaired) electrons. The van der Waals surface area contributed by atoms with Crippen LogP contribution in [-0.4, -0.2) is 30.7 Å². The largest absolute Gasteiger partial charge is 0.377 e. The van der Waals surface area contributed by atoms with E-state index in [1.165, 1.54) is 25.7 Å². The van der Waals surface area contributed by atoms with Crippen LogP contribution in [0.4, 0.5) is 0 Å². The van der Waals surface area contributed by atoms with Gasteiger partial charge in [-0.1, -0.05) is 19.4 Å². The number of nitrogens with zero attached hydrogens (tertiary/aromatic N) is 1. The van der Waals surface area contributed by atoms with Crippen LogP contribution < -0.4 is 0 Å². The van der Waals surface area contributed by atoms with E-state index in [9.17, 15) is 0 Å². The second-order valence-corrected chi connectivity index (χ2v) is 3.94. The molecule has 0 spiro atoms. The minimum absolute atomic E-state index is 0.658. The molecule has 1 unspecified atom stereocenters. The van der Waals surface area contributed by atoms with E-state index in [1.807, 2.05) is 0 Å². The summed E-state index contributed by atoms with van der Waals surface area (Å²) in [5.41, 5.74) is 1.57. The van der Waals surface area contributed by atoms with Crippen LogP contribution in [0.3, 0.4) is 0 Å². The number of hydrogen-bond donors (Lipinski definition) is 0. The molecule has 74 valence electrons. The lowest BCUT2D eigenvalue weighted by atomic mass is 10.0. The third-order valence-electron chi connectivity index (χ3n) is 3.00.